The summed E-state index contributed by atoms with van der Waals surface area (Å²) in [7, 11) is 4.42. The van der Waals surface area contributed by atoms with Gasteiger partial charge in [0.25, 0.3) is 0 Å². The van der Waals surface area contributed by atoms with Crippen molar-refractivity contribution in [3.05, 3.63) is 12.2 Å². The van der Waals surface area contributed by atoms with E-state index in [1.165, 1.54) is 0 Å². The number of carbonyl (C=O) groups is 1. The van der Waals surface area contributed by atoms with Crippen LogP contribution in [0, 0.1) is 5.41 Å². The van der Waals surface area contributed by atoms with Crippen molar-refractivity contribution >= 4 is 5.91 Å². The maximum atomic E-state index is 11.4. The van der Waals surface area contributed by atoms with E-state index in [0.29, 0.717) is 12.1 Å². The van der Waals surface area contributed by atoms with Gasteiger partial charge in [0.2, 0.25) is 5.91 Å². The highest BCUT2D eigenvalue weighted by Crippen LogP contribution is 2.18. The smallest absolute Gasteiger partial charge is 0.246 e. The van der Waals surface area contributed by atoms with Gasteiger partial charge in [-0.15, -0.1) is 0 Å². The van der Waals surface area contributed by atoms with Gasteiger partial charge in [-0.2, -0.15) is 0 Å². The molecule has 102 valence electrons. The first-order chi connectivity index (χ1) is 7.09. The van der Waals surface area contributed by atoms with Crippen molar-refractivity contribution in [1.29, 1.82) is 0 Å². The zero-order valence-corrected chi connectivity index (χ0v) is 12.8. The van der Waals surface area contributed by atoms with Crippen LogP contribution in [0.5, 0.6) is 0 Å². The fourth-order valence-electron chi connectivity index (χ4n) is 1.80. The van der Waals surface area contributed by atoms with Crippen molar-refractivity contribution in [3.63, 3.8) is 0 Å². The van der Waals surface area contributed by atoms with E-state index in [0.717, 1.165) is 17.6 Å². The molecular weight excluding hydrogens is 236 g/mol. The number of nitrogens with zero attached hydrogens (tertiary/aromatic N) is 1. The monoisotopic (exact) mass is 262 g/mol. The van der Waals surface area contributed by atoms with Crippen LogP contribution < -0.4 is 17.7 Å². The molecule has 0 aliphatic heterocycles. The van der Waals surface area contributed by atoms with E-state index in [9.17, 15) is 4.79 Å². The highest BCUT2D eigenvalue weighted by Gasteiger charge is 2.27. The van der Waals surface area contributed by atoms with Crippen molar-refractivity contribution in [2.75, 3.05) is 33.7 Å². The average Bonchev–Trinajstić information content (AvgIpc) is 2.12. The second-order valence-corrected chi connectivity index (χ2v) is 6.04. The molecule has 0 bridgehead atoms. The predicted octanol–water partition coefficient (Wildman–Crippen LogP) is -1.19. The third-order valence-electron chi connectivity index (χ3n) is 2.83. The van der Waals surface area contributed by atoms with E-state index in [1.54, 1.807) is 6.92 Å². The molecule has 0 rings (SSSR count). The van der Waals surface area contributed by atoms with Gasteiger partial charge in [0, 0.05) is 17.5 Å². The minimum absolute atomic E-state index is 0. The largest absolute Gasteiger partial charge is 1.00 e. The number of amides is 1. The minimum Gasteiger partial charge on any atom is -1.00 e. The number of hydrogen-bond donors (Lipinski definition) is 1. The van der Waals surface area contributed by atoms with E-state index in [2.05, 4.69) is 46.8 Å². The van der Waals surface area contributed by atoms with E-state index in [-0.39, 0.29) is 23.7 Å². The Morgan fingerprint density at radius 1 is 1.35 bits per heavy atom. The van der Waals surface area contributed by atoms with Gasteiger partial charge in [-0.05, 0) is 13.8 Å². The second kappa shape index (κ2) is 7.02. The summed E-state index contributed by atoms with van der Waals surface area (Å²) in [5.41, 5.74) is 0.671. The molecule has 0 aliphatic carbocycles. The molecule has 0 aromatic carbocycles. The third-order valence-corrected chi connectivity index (χ3v) is 2.83. The van der Waals surface area contributed by atoms with Crippen LogP contribution in [-0.2, 0) is 4.79 Å². The molecular formula is C13H27ClN2O. The number of halogens is 1. The Kier molecular flexibility index (Phi) is 7.77. The molecule has 0 saturated heterocycles. The zero-order chi connectivity index (χ0) is 13.0. The molecule has 0 radical (unpaired) electrons. The molecule has 3 nitrogen and oxygen atoms in total. The minimum atomic E-state index is -0.0464. The fourth-order valence-corrected chi connectivity index (χ4v) is 1.80. The van der Waals surface area contributed by atoms with Gasteiger partial charge in [0.05, 0.1) is 27.2 Å². The van der Waals surface area contributed by atoms with E-state index in [1.807, 2.05) is 0 Å². The number of nitrogens with one attached hydrogen (secondary N) is 1. The summed E-state index contributed by atoms with van der Waals surface area (Å²) in [6.45, 7) is 14.7. The molecule has 0 saturated carbocycles. The van der Waals surface area contributed by atoms with Crippen molar-refractivity contribution in [3.8, 4) is 0 Å². The topological polar surface area (TPSA) is 29.1 Å². The lowest BCUT2D eigenvalue weighted by Crippen LogP contribution is -3.00. The van der Waals surface area contributed by atoms with Gasteiger partial charge in [0.15, 0.2) is 0 Å². The maximum absolute atomic E-state index is 11.4. The highest BCUT2D eigenvalue weighted by molar-refractivity contribution is 5.92. The summed E-state index contributed by atoms with van der Waals surface area (Å²) >= 11 is 0. The predicted molar refractivity (Wildman–Crippen MR) is 69.1 cm³/mol. The van der Waals surface area contributed by atoms with Gasteiger partial charge >= 0.3 is 0 Å². The van der Waals surface area contributed by atoms with Gasteiger partial charge in [-0.25, -0.2) is 0 Å². The fraction of sp³-hybridized carbons (Fsp3) is 0.769. The maximum Gasteiger partial charge on any atom is 0.246 e. The van der Waals surface area contributed by atoms with Crippen LogP contribution in [0.3, 0.4) is 0 Å². The Hall–Kier alpha value is -0.540. The Morgan fingerprint density at radius 2 is 1.82 bits per heavy atom. The van der Waals surface area contributed by atoms with Gasteiger partial charge < -0.3 is 22.2 Å². The molecule has 0 spiro atoms. The van der Waals surface area contributed by atoms with E-state index < -0.39 is 0 Å². The summed E-state index contributed by atoms with van der Waals surface area (Å²) in [6.07, 6.45) is 0. The molecule has 1 amide bonds. The molecule has 1 N–H and O–H groups in total. The summed E-state index contributed by atoms with van der Waals surface area (Å²) in [5.74, 6) is -0.0464. The van der Waals surface area contributed by atoms with Crippen LogP contribution in [0.15, 0.2) is 12.2 Å². The molecule has 0 unspecified atom stereocenters. The SMILES string of the molecule is C=C(C)C(=O)NCC(C)(C)C[N+](C)(C)CC.[Cl-]. The highest BCUT2D eigenvalue weighted by atomic mass is 35.5. The molecule has 0 aromatic rings. The molecule has 0 aromatic heterocycles. The van der Waals surface area contributed by atoms with Crippen LogP contribution in [0.25, 0.3) is 0 Å². The molecule has 4 heteroatoms. The molecule has 0 fully saturated rings. The van der Waals surface area contributed by atoms with Crippen molar-refractivity contribution in [2.45, 2.75) is 27.7 Å². The van der Waals surface area contributed by atoms with Crippen LogP contribution in [-0.4, -0.2) is 44.1 Å². The van der Waals surface area contributed by atoms with Crippen molar-refractivity contribution in [2.24, 2.45) is 5.41 Å². The van der Waals surface area contributed by atoms with Crippen LogP contribution in [0.2, 0.25) is 0 Å². The van der Waals surface area contributed by atoms with Gasteiger partial charge in [-0.3, -0.25) is 4.79 Å². The normalized spacial score (nSPS) is 11.6. The van der Waals surface area contributed by atoms with Crippen LogP contribution in [0.1, 0.15) is 27.7 Å². The lowest BCUT2D eigenvalue weighted by molar-refractivity contribution is -0.894. The van der Waals surface area contributed by atoms with E-state index in [4.69, 9.17) is 0 Å². The Bertz CT molecular complexity index is 273. The van der Waals surface area contributed by atoms with Crippen LogP contribution in [0.4, 0.5) is 0 Å². The summed E-state index contributed by atoms with van der Waals surface area (Å²) in [4.78, 5) is 11.4. The molecule has 0 heterocycles. The number of carbonyl (C=O) groups excluding carboxylic acids is 1. The lowest BCUT2D eigenvalue weighted by atomic mass is 9.91. The summed E-state index contributed by atoms with van der Waals surface area (Å²) in [5, 5.41) is 2.92. The number of quaternary nitrogens is 1. The lowest BCUT2D eigenvalue weighted by Gasteiger charge is -2.36. The average molecular weight is 263 g/mol. The van der Waals surface area contributed by atoms with Crippen LogP contribution >= 0.6 is 0 Å². The van der Waals surface area contributed by atoms with E-state index >= 15 is 0 Å². The number of rotatable bonds is 6. The Balaban J connectivity index is 0. The Labute approximate surface area is 112 Å². The van der Waals surface area contributed by atoms with Crippen molar-refractivity contribution in [1.82, 2.24) is 5.32 Å². The molecule has 0 aliphatic rings. The van der Waals surface area contributed by atoms with Gasteiger partial charge in [0.1, 0.15) is 0 Å². The first kappa shape index (κ1) is 18.8. The molecule has 0 atom stereocenters. The second-order valence-electron chi connectivity index (χ2n) is 6.04. The zero-order valence-electron chi connectivity index (χ0n) is 12.1. The molecule has 17 heavy (non-hydrogen) atoms. The Morgan fingerprint density at radius 3 is 2.18 bits per heavy atom. The quantitative estimate of drug-likeness (QED) is 0.473. The third kappa shape index (κ3) is 8.22. The summed E-state index contributed by atoms with van der Waals surface area (Å²) in [6, 6.07) is 0. The first-order valence-corrected chi connectivity index (χ1v) is 5.85. The number of hydrogen-bond acceptors (Lipinski definition) is 1. The first-order valence-electron chi connectivity index (χ1n) is 5.85. The summed E-state index contributed by atoms with van der Waals surface area (Å²) < 4.78 is 0.968. The standard InChI is InChI=1S/C13H26N2O.ClH/c1-8-15(6,7)10-13(4,5)9-14-12(16)11(2)3;/h2,8-10H2,1,3-7H3;1H. The van der Waals surface area contributed by atoms with Crippen molar-refractivity contribution < 1.29 is 21.7 Å². The van der Waals surface area contributed by atoms with Gasteiger partial charge in [-0.1, -0.05) is 20.4 Å².